The first kappa shape index (κ1) is 23.9. The van der Waals surface area contributed by atoms with Crippen molar-refractivity contribution in [1.29, 1.82) is 0 Å². The Kier molecular flexibility index (Phi) is 12.3. The second-order valence-corrected chi connectivity index (χ2v) is 7.37. The van der Waals surface area contributed by atoms with Gasteiger partial charge in [-0.1, -0.05) is 71.1 Å². The summed E-state index contributed by atoms with van der Waals surface area (Å²) in [5, 5.41) is 28.7. The smallest absolute Gasteiger partial charge is 0.338 e. The molecule has 3 N–H and O–H groups in total. The van der Waals surface area contributed by atoms with Crippen LogP contribution in [0.2, 0.25) is 0 Å². The van der Waals surface area contributed by atoms with Gasteiger partial charge in [0.15, 0.2) is 12.2 Å². The number of hydrogen-bond donors (Lipinski definition) is 3. The largest absolute Gasteiger partial charge is 0.463 e. The summed E-state index contributed by atoms with van der Waals surface area (Å²) in [6, 6.07) is 0. The molecule has 7 nitrogen and oxygen atoms in total. The Morgan fingerprint density at radius 2 is 1.52 bits per heavy atom. The van der Waals surface area contributed by atoms with E-state index in [4.69, 9.17) is 4.74 Å². The molecule has 7 heteroatoms. The molecule has 0 aliphatic carbocycles. The van der Waals surface area contributed by atoms with Gasteiger partial charge in [0.2, 0.25) is 0 Å². The van der Waals surface area contributed by atoms with Crippen molar-refractivity contribution in [3.05, 3.63) is 0 Å². The summed E-state index contributed by atoms with van der Waals surface area (Å²) >= 11 is 0. The van der Waals surface area contributed by atoms with Gasteiger partial charge in [-0.2, -0.15) is 0 Å². The molecule has 0 aromatic heterocycles. The van der Waals surface area contributed by atoms with Gasteiger partial charge in [0, 0.05) is 6.42 Å². The van der Waals surface area contributed by atoms with E-state index in [2.05, 4.69) is 11.7 Å². The van der Waals surface area contributed by atoms with E-state index in [9.17, 15) is 24.9 Å². The van der Waals surface area contributed by atoms with Gasteiger partial charge >= 0.3 is 11.9 Å². The summed E-state index contributed by atoms with van der Waals surface area (Å²) < 4.78 is 9.63. The Labute approximate surface area is 162 Å². The molecule has 4 unspecified atom stereocenters. The summed E-state index contributed by atoms with van der Waals surface area (Å²) in [5.41, 5.74) is 0. The highest BCUT2D eigenvalue weighted by atomic mass is 16.6. The standard InChI is InChI=1S/C20H36O7/c1-2-3-4-5-6-7-8-9-10-11-12-13-16(22)26-14-15(21)19-17(23)18(24)20(25)27-19/h15,17-19,21,23-24H,2-14H2,1H3. The van der Waals surface area contributed by atoms with Crippen LogP contribution in [0.5, 0.6) is 0 Å². The van der Waals surface area contributed by atoms with Crippen molar-refractivity contribution >= 4 is 11.9 Å². The van der Waals surface area contributed by atoms with E-state index >= 15 is 0 Å². The van der Waals surface area contributed by atoms with E-state index in [-0.39, 0.29) is 13.0 Å². The van der Waals surface area contributed by atoms with Crippen molar-refractivity contribution in [2.45, 2.75) is 108 Å². The average molecular weight is 389 g/mol. The normalized spacial score (nSPS) is 23.3. The Morgan fingerprint density at radius 3 is 2.00 bits per heavy atom. The number of cyclic esters (lactones) is 1. The molecule has 0 spiro atoms. The minimum absolute atomic E-state index is 0.277. The van der Waals surface area contributed by atoms with Crippen LogP contribution in [0.1, 0.15) is 84.0 Å². The maximum atomic E-state index is 11.7. The van der Waals surface area contributed by atoms with Crippen LogP contribution < -0.4 is 0 Å². The van der Waals surface area contributed by atoms with Gasteiger partial charge in [-0.05, 0) is 6.42 Å². The van der Waals surface area contributed by atoms with Crippen LogP contribution in [0.3, 0.4) is 0 Å². The molecule has 0 saturated carbocycles. The fraction of sp³-hybridized carbons (Fsp3) is 0.900. The quantitative estimate of drug-likeness (QED) is 0.291. The molecule has 0 aromatic rings. The third-order valence-corrected chi connectivity index (χ3v) is 4.93. The van der Waals surface area contributed by atoms with Crippen molar-refractivity contribution in [2.24, 2.45) is 0 Å². The minimum atomic E-state index is -1.67. The predicted molar refractivity (Wildman–Crippen MR) is 99.9 cm³/mol. The van der Waals surface area contributed by atoms with Crippen molar-refractivity contribution in [1.82, 2.24) is 0 Å². The van der Waals surface area contributed by atoms with Gasteiger partial charge < -0.3 is 24.8 Å². The third-order valence-electron chi connectivity index (χ3n) is 4.93. The molecule has 0 radical (unpaired) electrons. The number of esters is 2. The van der Waals surface area contributed by atoms with Crippen LogP contribution in [0, 0.1) is 0 Å². The van der Waals surface area contributed by atoms with E-state index in [1.807, 2.05) is 0 Å². The highest BCUT2D eigenvalue weighted by Gasteiger charge is 2.46. The van der Waals surface area contributed by atoms with E-state index < -0.39 is 36.4 Å². The Hall–Kier alpha value is -1.18. The Bertz CT molecular complexity index is 427. The van der Waals surface area contributed by atoms with Crippen LogP contribution in [0.25, 0.3) is 0 Å². The van der Waals surface area contributed by atoms with Crippen LogP contribution in [-0.2, 0) is 19.1 Å². The molecule has 0 aromatic carbocycles. The van der Waals surface area contributed by atoms with Crippen molar-refractivity contribution < 1.29 is 34.4 Å². The van der Waals surface area contributed by atoms with Crippen molar-refractivity contribution in [3.8, 4) is 0 Å². The van der Waals surface area contributed by atoms with E-state index in [1.54, 1.807) is 0 Å². The molecule has 27 heavy (non-hydrogen) atoms. The topological polar surface area (TPSA) is 113 Å². The van der Waals surface area contributed by atoms with Crippen LogP contribution in [-0.4, -0.2) is 58.3 Å². The number of rotatable bonds is 15. The zero-order valence-electron chi connectivity index (χ0n) is 16.5. The predicted octanol–water partition coefficient (Wildman–Crippen LogP) is 2.24. The van der Waals surface area contributed by atoms with Gasteiger partial charge in [0.1, 0.15) is 18.8 Å². The van der Waals surface area contributed by atoms with Crippen LogP contribution in [0.4, 0.5) is 0 Å². The fourth-order valence-corrected chi connectivity index (χ4v) is 3.18. The SMILES string of the molecule is CCCCCCCCCCCCCC(=O)OCC(O)C1OC(=O)C(O)C1O. The van der Waals surface area contributed by atoms with Gasteiger partial charge in [-0.15, -0.1) is 0 Å². The molecule has 4 atom stereocenters. The summed E-state index contributed by atoms with van der Waals surface area (Å²) in [5.74, 6) is -1.41. The van der Waals surface area contributed by atoms with E-state index in [0.717, 1.165) is 19.3 Å². The second kappa shape index (κ2) is 13.9. The molecule has 1 rings (SSSR count). The maximum Gasteiger partial charge on any atom is 0.338 e. The number of aliphatic hydroxyl groups excluding tert-OH is 3. The molecule has 0 amide bonds. The lowest BCUT2D eigenvalue weighted by molar-refractivity contribution is -0.156. The summed E-state index contributed by atoms with van der Waals surface area (Å²) in [6.45, 7) is 1.85. The van der Waals surface area contributed by atoms with Gasteiger partial charge in [-0.25, -0.2) is 4.79 Å². The van der Waals surface area contributed by atoms with E-state index in [0.29, 0.717) is 0 Å². The molecule has 0 bridgehead atoms. The third kappa shape index (κ3) is 9.53. The number of hydrogen-bond acceptors (Lipinski definition) is 7. The average Bonchev–Trinajstić information content (AvgIpc) is 2.91. The zero-order valence-corrected chi connectivity index (χ0v) is 16.5. The Morgan fingerprint density at radius 1 is 1.00 bits per heavy atom. The van der Waals surface area contributed by atoms with Crippen molar-refractivity contribution in [2.75, 3.05) is 6.61 Å². The second-order valence-electron chi connectivity index (χ2n) is 7.37. The lowest BCUT2D eigenvalue weighted by Gasteiger charge is -2.19. The monoisotopic (exact) mass is 388 g/mol. The lowest BCUT2D eigenvalue weighted by atomic mass is 10.1. The first-order valence-corrected chi connectivity index (χ1v) is 10.4. The summed E-state index contributed by atoms with van der Waals surface area (Å²) in [4.78, 5) is 22.8. The molecule has 1 aliphatic heterocycles. The minimum Gasteiger partial charge on any atom is -0.463 e. The number of aliphatic hydroxyl groups is 3. The van der Waals surface area contributed by atoms with Gasteiger partial charge in [-0.3, -0.25) is 4.79 Å². The Balaban J connectivity index is 1.96. The van der Waals surface area contributed by atoms with E-state index in [1.165, 1.54) is 51.4 Å². The molecular formula is C20H36O7. The first-order valence-electron chi connectivity index (χ1n) is 10.4. The van der Waals surface area contributed by atoms with Gasteiger partial charge in [0.05, 0.1) is 0 Å². The number of carbonyl (C=O) groups is 2. The number of carbonyl (C=O) groups excluding carboxylic acids is 2. The molecule has 1 aliphatic rings. The van der Waals surface area contributed by atoms with Gasteiger partial charge in [0.25, 0.3) is 0 Å². The fourth-order valence-electron chi connectivity index (χ4n) is 3.18. The van der Waals surface area contributed by atoms with Crippen LogP contribution in [0.15, 0.2) is 0 Å². The highest BCUT2D eigenvalue weighted by Crippen LogP contribution is 2.19. The molecule has 1 saturated heterocycles. The molecule has 1 fully saturated rings. The number of ether oxygens (including phenoxy) is 2. The maximum absolute atomic E-state index is 11.7. The summed E-state index contributed by atoms with van der Waals surface area (Å²) in [7, 11) is 0. The molecule has 158 valence electrons. The zero-order chi connectivity index (χ0) is 20.1. The molecule has 1 heterocycles. The molecular weight excluding hydrogens is 352 g/mol. The first-order chi connectivity index (χ1) is 13.0. The van der Waals surface area contributed by atoms with Crippen molar-refractivity contribution in [3.63, 3.8) is 0 Å². The lowest BCUT2D eigenvalue weighted by Crippen LogP contribution is -2.41. The summed E-state index contributed by atoms with van der Waals surface area (Å²) in [6.07, 6.45) is 7.60. The van der Waals surface area contributed by atoms with Crippen LogP contribution >= 0.6 is 0 Å². The highest BCUT2D eigenvalue weighted by molar-refractivity contribution is 5.77. The number of unbranched alkanes of at least 4 members (excludes halogenated alkanes) is 10.